The molecular formula is C9H17N3O. The Labute approximate surface area is 78.9 Å². The lowest BCUT2D eigenvalue weighted by atomic mass is 10.5. The summed E-state index contributed by atoms with van der Waals surface area (Å²) in [5, 5.41) is 6.61. The lowest BCUT2D eigenvalue weighted by Gasteiger charge is -2.17. The molecule has 0 aliphatic heterocycles. The minimum absolute atomic E-state index is 0.673. The molecule has 1 heterocycles. The molecule has 0 bridgehead atoms. The molecule has 1 rings (SSSR count). The molecule has 1 aromatic rings. The summed E-state index contributed by atoms with van der Waals surface area (Å²) in [4.78, 5) is 2.31. The lowest BCUT2D eigenvalue weighted by molar-refractivity contribution is 0.218. The van der Waals surface area contributed by atoms with Gasteiger partial charge in [-0.1, -0.05) is 13.8 Å². The molecule has 4 heteroatoms. The van der Waals surface area contributed by atoms with E-state index in [1.54, 1.807) is 6.20 Å². The van der Waals surface area contributed by atoms with Gasteiger partial charge in [-0.05, 0) is 13.1 Å². The van der Waals surface area contributed by atoms with E-state index >= 15 is 0 Å². The molecule has 0 amide bonds. The van der Waals surface area contributed by atoms with Crippen molar-refractivity contribution in [3.63, 3.8) is 0 Å². The number of rotatable bonds is 6. The van der Waals surface area contributed by atoms with Gasteiger partial charge in [-0.15, -0.1) is 5.10 Å². The molecule has 0 aliphatic carbocycles. The monoisotopic (exact) mass is 183 g/mol. The Kier molecular flexibility index (Phi) is 4.32. The van der Waals surface area contributed by atoms with Gasteiger partial charge in [0, 0.05) is 18.8 Å². The van der Waals surface area contributed by atoms with Crippen molar-refractivity contribution in [2.75, 3.05) is 26.2 Å². The zero-order chi connectivity index (χ0) is 9.52. The Morgan fingerprint density at radius 3 is 2.77 bits per heavy atom. The zero-order valence-corrected chi connectivity index (χ0v) is 8.29. The molecule has 74 valence electrons. The molecule has 4 nitrogen and oxygen atoms in total. The summed E-state index contributed by atoms with van der Waals surface area (Å²) in [5.74, 6) is 0.673. The average Bonchev–Trinajstić information content (AvgIpc) is 2.65. The summed E-state index contributed by atoms with van der Waals surface area (Å²) in [5.41, 5.74) is 0. The molecular weight excluding hydrogens is 166 g/mol. The predicted octanol–water partition coefficient (Wildman–Crippen LogP) is 1.13. The van der Waals surface area contributed by atoms with Gasteiger partial charge in [0.15, 0.2) is 0 Å². The molecule has 0 aliphatic rings. The Morgan fingerprint density at radius 1 is 1.46 bits per heavy atom. The van der Waals surface area contributed by atoms with Crippen LogP contribution in [0.4, 0.5) is 0 Å². The van der Waals surface area contributed by atoms with Gasteiger partial charge >= 0.3 is 0 Å². The van der Waals surface area contributed by atoms with Crippen LogP contribution >= 0.6 is 0 Å². The highest BCUT2D eigenvalue weighted by Crippen LogP contribution is 2.01. The number of nitrogens with zero attached hydrogens (tertiary/aromatic N) is 2. The van der Waals surface area contributed by atoms with E-state index in [9.17, 15) is 0 Å². The highest BCUT2D eigenvalue weighted by molar-refractivity contribution is 5.03. The van der Waals surface area contributed by atoms with Gasteiger partial charge in [0.25, 0.3) is 0 Å². The Hall–Kier alpha value is -1.03. The average molecular weight is 183 g/mol. The highest BCUT2D eigenvalue weighted by Gasteiger charge is 1.99. The minimum atomic E-state index is 0.673. The number of likely N-dealkylation sites (N-methyl/N-ethyl adjacent to an activating group) is 1. The minimum Gasteiger partial charge on any atom is -0.475 e. The fraction of sp³-hybridized carbons (Fsp3) is 0.667. The first kappa shape index (κ1) is 10.1. The Balaban J connectivity index is 2.13. The van der Waals surface area contributed by atoms with Crippen molar-refractivity contribution in [1.29, 1.82) is 0 Å². The van der Waals surface area contributed by atoms with Crippen molar-refractivity contribution >= 4 is 0 Å². The van der Waals surface area contributed by atoms with E-state index < -0.39 is 0 Å². The van der Waals surface area contributed by atoms with Gasteiger partial charge < -0.3 is 9.64 Å². The maximum atomic E-state index is 5.40. The maximum absolute atomic E-state index is 5.40. The second-order valence-corrected chi connectivity index (χ2v) is 2.79. The molecule has 1 aromatic heterocycles. The van der Waals surface area contributed by atoms with Crippen LogP contribution in [0.1, 0.15) is 13.8 Å². The summed E-state index contributed by atoms with van der Waals surface area (Å²) >= 11 is 0. The van der Waals surface area contributed by atoms with Crippen LogP contribution in [0.15, 0.2) is 12.3 Å². The van der Waals surface area contributed by atoms with Crippen LogP contribution in [0.2, 0.25) is 0 Å². The number of nitrogens with one attached hydrogen (secondary N) is 1. The van der Waals surface area contributed by atoms with Crippen LogP contribution in [0.5, 0.6) is 5.88 Å². The summed E-state index contributed by atoms with van der Waals surface area (Å²) in [6.07, 6.45) is 1.76. The van der Waals surface area contributed by atoms with E-state index in [-0.39, 0.29) is 0 Å². The van der Waals surface area contributed by atoms with Gasteiger partial charge in [0.2, 0.25) is 5.88 Å². The molecule has 0 radical (unpaired) electrons. The van der Waals surface area contributed by atoms with Gasteiger partial charge in [-0.3, -0.25) is 5.10 Å². The van der Waals surface area contributed by atoms with Crippen molar-refractivity contribution < 1.29 is 4.74 Å². The van der Waals surface area contributed by atoms with E-state index in [4.69, 9.17) is 4.74 Å². The lowest BCUT2D eigenvalue weighted by Crippen LogP contribution is -2.27. The second-order valence-electron chi connectivity index (χ2n) is 2.79. The van der Waals surface area contributed by atoms with Crippen molar-refractivity contribution in [2.24, 2.45) is 0 Å². The normalized spacial score (nSPS) is 10.7. The smallest absolute Gasteiger partial charge is 0.232 e. The summed E-state index contributed by atoms with van der Waals surface area (Å²) in [6.45, 7) is 8.10. The van der Waals surface area contributed by atoms with Crippen LogP contribution < -0.4 is 4.74 Å². The van der Waals surface area contributed by atoms with Crippen LogP contribution in [0.25, 0.3) is 0 Å². The van der Waals surface area contributed by atoms with Gasteiger partial charge in [0.1, 0.15) is 6.61 Å². The first-order valence-corrected chi connectivity index (χ1v) is 4.71. The molecule has 0 atom stereocenters. The molecule has 0 fully saturated rings. The fourth-order valence-corrected chi connectivity index (χ4v) is 1.15. The quantitative estimate of drug-likeness (QED) is 0.718. The third kappa shape index (κ3) is 3.46. The van der Waals surface area contributed by atoms with Crippen LogP contribution in [-0.4, -0.2) is 41.3 Å². The molecule has 0 spiro atoms. The van der Waals surface area contributed by atoms with E-state index in [1.807, 2.05) is 6.07 Å². The third-order valence-electron chi connectivity index (χ3n) is 2.03. The Morgan fingerprint density at radius 2 is 2.23 bits per heavy atom. The fourth-order valence-electron chi connectivity index (χ4n) is 1.15. The first-order chi connectivity index (χ1) is 6.36. The van der Waals surface area contributed by atoms with Gasteiger partial charge in [-0.2, -0.15) is 0 Å². The van der Waals surface area contributed by atoms with Crippen molar-refractivity contribution in [3.8, 4) is 5.88 Å². The van der Waals surface area contributed by atoms with Crippen LogP contribution in [0.3, 0.4) is 0 Å². The SMILES string of the molecule is CCN(CC)CCOc1cc[nH]n1. The standard InChI is InChI=1S/C9H17N3O/c1-3-12(4-2)7-8-13-9-5-6-10-11-9/h5-6H,3-4,7-8H2,1-2H3,(H,10,11). The topological polar surface area (TPSA) is 41.1 Å². The maximum Gasteiger partial charge on any atom is 0.232 e. The number of aromatic nitrogens is 2. The number of hydrogen-bond acceptors (Lipinski definition) is 3. The first-order valence-electron chi connectivity index (χ1n) is 4.71. The molecule has 0 aromatic carbocycles. The number of ether oxygens (including phenoxy) is 1. The molecule has 1 N–H and O–H groups in total. The van der Waals surface area contributed by atoms with E-state index in [2.05, 4.69) is 28.9 Å². The van der Waals surface area contributed by atoms with Gasteiger partial charge in [0.05, 0.1) is 0 Å². The van der Waals surface area contributed by atoms with Crippen molar-refractivity contribution in [1.82, 2.24) is 15.1 Å². The van der Waals surface area contributed by atoms with E-state index in [0.717, 1.165) is 19.6 Å². The van der Waals surface area contributed by atoms with Crippen LogP contribution in [-0.2, 0) is 0 Å². The molecule has 0 saturated carbocycles. The second kappa shape index (κ2) is 5.59. The summed E-state index contributed by atoms with van der Waals surface area (Å²) < 4.78 is 5.40. The molecule has 0 saturated heterocycles. The highest BCUT2D eigenvalue weighted by atomic mass is 16.5. The molecule has 0 unspecified atom stereocenters. The van der Waals surface area contributed by atoms with Crippen molar-refractivity contribution in [2.45, 2.75) is 13.8 Å². The summed E-state index contributed by atoms with van der Waals surface area (Å²) in [6, 6.07) is 1.82. The number of hydrogen-bond donors (Lipinski definition) is 1. The van der Waals surface area contributed by atoms with E-state index in [0.29, 0.717) is 12.5 Å². The van der Waals surface area contributed by atoms with E-state index in [1.165, 1.54) is 0 Å². The number of H-pyrrole nitrogens is 1. The Bertz CT molecular complexity index is 207. The predicted molar refractivity (Wildman–Crippen MR) is 51.9 cm³/mol. The zero-order valence-electron chi connectivity index (χ0n) is 8.29. The van der Waals surface area contributed by atoms with Crippen LogP contribution in [0, 0.1) is 0 Å². The summed E-state index contributed by atoms with van der Waals surface area (Å²) in [7, 11) is 0. The molecule has 13 heavy (non-hydrogen) atoms. The largest absolute Gasteiger partial charge is 0.475 e. The van der Waals surface area contributed by atoms with Gasteiger partial charge in [-0.25, -0.2) is 0 Å². The van der Waals surface area contributed by atoms with Crippen molar-refractivity contribution in [3.05, 3.63) is 12.3 Å². The number of aromatic amines is 1. The third-order valence-corrected chi connectivity index (χ3v) is 2.03.